The highest BCUT2D eigenvalue weighted by Crippen LogP contribution is 2.19. The van der Waals surface area contributed by atoms with Crippen molar-refractivity contribution in [2.45, 2.75) is 25.3 Å². The molecular weight excluding hydrogens is 304 g/mol. The molecular formula is C17H16N6O. The molecule has 24 heavy (non-hydrogen) atoms. The lowest BCUT2D eigenvalue weighted by atomic mass is 9.93. The second kappa shape index (κ2) is 6.19. The summed E-state index contributed by atoms with van der Waals surface area (Å²) in [5, 5.41) is 10.1. The van der Waals surface area contributed by atoms with Crippen molar-refractivity contribution in [3.8, 4) is 11.3 Å². The van der Waals surface area contributed by atoms with Crippen LogP contribution in [0.1, 0.15) is 28.2 Å². The SMILES string of the molecule is O=C(NC1CCc2[nH]ncc2C1)c1ccc(-c2cnccn2)cn1. The third-order valence-corrected chi connectivity index (χ3v) is 4.21. The summed E-state index contributed by atoms with van der Waals surface area (Å²) in [4.78, 5) is 24.9. The van der Waals surface area contributed by atoms with Crippen molar-refractivity contribution >= 4 is 5.91 Å². The number of carbonyl (C=O) groups is 1. The summed E-state index contributed by atoms with van der Waals surface area (Å²) in [6.45, 7) is 0. The van der Waals surface area contributed by atoms with E-state index in [1.54, 1.807) is 30.9 Å². The molecule has 0 bridgehead atoms. The third kappa shape index (κ3) is 2.88. The van der Waals surface area contributed by atoms with Crippen LogP contribution in [0.25, 0.3) is 11.3 Å². The molecule has 1 amide bonds. The zero-order valence-electron chi connectivity index (χ0n) is 12.9. The average molecular weight is 320 g/mol. The van der Waals surface area contributed by atoms with Gasteiger partial charge >= 0.3 is 0 Å². The number of hydrogen-bond acceptors (Lipinski definition) is 5. The Balaban J connectivity index is 1.44. The number of hydrogen-bond donors (Lipinski definition) is 2. The van der Waals surface area contributed by atoms with Gasteiger partial charge in [0.1, 0.15) is 5.69 Å². The van der Waals surface area contributed by atoms with E-state index in [1.165, 1.54) is 11.3 Å². The number of aromatic nitrogens is 5. The molecule has 1 aliphatic carbocycles. The van der Waals surface area contributed by atoms with Crippen LogP contribution in [0.5, 0.6) is 0 Å². The number of pyridine rings is 1. The Morgan fingerprint density at radius 1 is 1.17 bits per heavy atom. The minimum absolute atomic E-state index is 0.115. The number of nitrogens with zero attached hydrogens (tertiary/aromatic N) is 4. The lowest BCUT2D eigenvalue weighted by Crippen LogP contribution is -2.39. The molecule has 0 aromatic carbocycles. The number of H-pyrrole nitrogens is 1. The molecule has 0 saturated heterocycles. The topological polar surface area (TPSA) is 96.5 Å². The maximum absolute atomic E-state index is 12.4. The highest BCUT2D eigenvalue weighted by Gasteiger charge is 2.22. The van der Waals surface area contributed by atoms with Crippen LogP contribution in [-0.2, 0) is 12.8 Å². The first kappa shape index (κ1) is 14.5. The van der Waals surface area contributed by atoms with E-state index < -0.39 is 0 Å². The molecule has 4 rings (SSSR count). The number of amides is 1. The highest BCUT2D eigenvalue weighted by molar-refractivity contribution is 5.92. The Labute approximate surface area is 138 Å². The van der Waals surface area contributed by atoms with Crippen molar-refractivity contribution in [3.63, 3.8) is 0 Å². The van der Waals surface area contributed by atoms with Gasteiger partial charge in [-0.15, -0.1) is 0 Å². The third-order valence-electron chi connectivity index (χ3n) is 4.21. The summed E-state index contributed by atoms with van der Waals surface area (Å²) >= 11 is 0. The first-order valence-corrected chi connectivity index (χ1v) is 7.84. The first-order chi connectivity index (χ1) is 11.8. The molecule has 3 aromatic rings. The van der Waals surface area contributed by atoms with Crippen molar-refractivity contribution in [2.75, 3.05) is 0 Å². The van der Waals surface area contributed by atoms with E-state index in [2.05, 4.69) is 30.5 Å². The van der Waals surface area contributed by atoms with Crippen LogP contribution < -0.4 is 5.32 Å². The monoisotopic (exact) mass is 320 g/mol. The molecule has 0 aliphatic heterocycles. The summed E-state index contributed by atoms with van der Waals surface area (Å²) < 4.78 is 0. The van der Waals surface area contributed by atoms with Crippen molar-refractivity contribution in [1.29, 1.82) is 0 Å². The zero-order valence-corrected chi connectivity index (χ0v) is 12.9. The summed E-state index contributed by atoms with van der Waals surface area (Å²) in [6.07, 6.45) is 11.0. The molecule has 0 radical (unpaired) electrons. The van der Waals surface area contributed by atoms with Crippen molar-refractivity contribution in [3.05, 3.63) is 60.1 Å². The first-order valence-electron chi connectivity index (χ1n) is 7.84. The van der Waals surface area contributed by atoms with E-state index >= 15 is 0 Å². The molecule has 1 aliphatic rings. The molecule has 3 heterocycles. The fourth-order valence-corrected chi connectivity index (χ4v) is 2.93. The maximum atomic E-state index is 12.4. The molecule has 0 spiro atoms. The van der Waals surface area contributed by atoms with Gasteiger partial charge in [-0.3, -0.25) is 24.8 Å². The number of carbonyl (C=O) groups excluding carboxylic acids is 1. The van der Waals surface area contributed by atoms with Crippen molar-refractivity contribution < 1.29 is 4.79 Å². The number of nitrogens with one attached hydrogen (secondary N) is 2. The van der Waals surface area contributed by atoms with Gasteiger partial charge in [0.05, 0.1) is 18.1 Å². The number of aryl methyl sites for hydroxylation is 1. The summed E-state index contributed by atoms with van der Waals surface area (Å²) in [6, 6.07) is 3.66. The van der Waals surface area contributed by atoms with Crippen LogP contribution in [0.15, 0.2) is 43.1 Å². The van der Waals surface area contributed by atoms with E-state index in [4.69, 9.17) is 0 Å². The lowest BCUT2D eigenvalue weighted by molar-refractivity contribution is 0.0928. The molecule has 7 nitrogen and oxygen atoms in total. The normalized spacial score (nSPS) is 16.4. The quantitative estimate of drug-likeness (QED) is 0.763. The van der Waals surface area contributed by atoms with Gasteiger partial charge in [-0.05, 0) is 37.0 Å². The molecule has 120 valence electrons. The smallest absolute Gasteiger partial charge is 0.270 e. The maximum Gasteiger partial charge on any atom is 0.270 e. The fourth-order valence-electron chi connectivity index (χ4n) is 2.93. The van der Waals surface area contributed by atoms with Gasteiger partial charge in [0, 0.05) is 35.9 Å². The number of fused-ring (bicyclic) bond motifs is 1. The van der Waals surface area contributed by atoms with Crippen LogP contribution in [0.3, 0.4) is 0 Å². The van der Waals surface area contributed by atoms with E-state index in [9.17, 15) is 4.79 Å². The van der Waals surface area contributed by atoms with Crippen LogP contribution in [0.4, 0.5) is 0 Å². The Morgan fingerprint density at radius 2 is 2.12 bits per heavy atom. The highest BCUT2D eigenvalue weighted by atomic mass is 16.1. The molecule has 1 unspecified atom stereocenters. The van der Waals surface area contributed by atoms with Crippen LogP contribution >= 0.6 is 0 Å². The minimum Gasteiger partial charge on any atom is -0.348 e. The number of aromatic amines is 1. The summed E-state index contributed by atoms with van der Waals surface area (Å²) in [7, 11) is 0. The van der Waals surface area contributed by atoms with Crippen molar-refractivity contribution in [1.82, 2.24) is 30.5 Å². The standard InChI is InChI=1S/C17H16N6O/c24-17(22-13-2-4-14-12(7-13)9-21-23-14)15-3-1-11(8-20-15)16-10-18-5-6-19-16/h1,3,5-6,8-10,13H,2,4,7H2,(H,21,23)(H,22,24). The van der Waals surface area contributed by atoms with E-state index in [-0.39, 0.29) is 11.9 Å². The fraction of sp³-hybridized carbons (Fsp3) is 0.235. The van der Waals surface area contributed by atoms with Crippen molar-refractivity contribution in [2.24, 2.45) is 0 Å². The van der Waals surface area contributed by atoms with Gasteiger partial charge < -0.3 is 5.32 Å². The average Bonchev–Trinajstić information content (AvgIpc) is 3.10. The van der Waals surface area contributed by atoms with Gasteiger partial charge in [0.25, 0.3) is 5.91 Å². The second-order valence-corrected chi connectivity index (χ2v) is 5.81. The van der Waals surface area contributed by atoms with Gasteiger partial charge in [0.15, 0.2) is 0 Å². The Morgan fingerprint density at radius 3 is 2.92 bits per heavy atom. The molecule has 1 atom stereocenters. The zero-order chi connectivity index (χ0) is 16.4. The van der Waals surface area contributed by atoms with E-state index in [0.717, 1.165) is 30.5 Å². The molecule has 0 saturated carbocycles. The number of rotatable bonds is 3. The predicted molar refractivity (Wildman–Crippen MR) is 87.1 cm³/mol. The largest absolute Gasteiger partial charge is 0.348 e. The summed E-state index contributed by atoms with van der Waals surface area (Å²) in [5.41, 5.74) is 4.32. The summed E-state index contributed by atoms with van der Waals surface area (Å²) in [5.74, 6) is -0.155. The van der Waals surface area contributed by atoms with E-state index in [0.29, 0.717) is 5.69 Å². The Bertz CT molecular complexity index is 843. The molecule has 0 fully saturated rings. The van der Waals surface area contributed by atoms with Crippen LogP contribution in [0, 0.1) is 0 Å². The van der Waals surface area contributed by atoms with Gasteiger partial charge in [-0.2, -0.15) is 5.10 Å². The van der Waals surface area contributed by atoms with Gasteiger partial charge in [-0.1, -0.05) is 0 Å². The van der Waals surface area contributed by atoms with Gasteiger partial charge in [0.2, 0.25) is 0 Å². The van der Waals surface area contributed by atoms with Gasteiger partial charge in [-0.25, -0.2) is 0 Å². The van der Waals surface area contributed by atoms with Crippen LogP contribution in [-0.4, -0.2) is 37.1 Å². The molecule has 3 aromatic heterocycles. The molecule has 7 heteroatoms. The lowest BCUT2D eigenvalue weighted by Gasteiger charge is -2.22. The van der Waals surface area contributed by atoms with E-state index in [1.807, 2.05) is 12.3 Å². The Hall–Kier alpha value is -3.09. The molecule has 2 N–H and O–H groups in total. The minimum atomic E-state index is -0.155. The Kier molecular flexibility index (Phi) is 3.74. The van der Waals surface area contributed by atoms with Crippen LogP contribution in [0.2, 0.25) is 0 Å². The predicted octanol–water partition coefficient (Wildman–Crippen LogP) is 1.55. The second-order valence-electron chi connectivity index (χ2n) is 5.81.